The number of rotatable bonds is 6. The lowest BCUT2D eigenvalue weighted by Crippen LogP contribution is -2.52. The van der Waals surface area contributed by atoms with Gasteiger partial charge in [0.15, 0.2) is 0 Å². The molecule has 1 aromatic rings. The zero-order valence-corrected chi connectivity index (χ0v) is 17.9. The van der Waals surface area contributed by atoms with Crippen molar-refractivity contribution in [2.45, 2.75) is 26.2 Å². The molecule has 0 unspecified atom stereocenters. The molecule has 0 saturated carbocycles. The van der Waals surface area contributed by atoms with Crippen molar-refractivity contribution in [1.29, 1.82) is 0 Å². The van der Waals surface area contributed by atoms with E-state index in [1.165, 1.54) is 37.3 Å². The summed E-state index contributed by atoms with van der Waals surface area (Å²) in [7, 11) is 4.11. The molecule has 2 fully saturated rings. The number of nitrogens with zero attached hydrogens (tertiary/aromatic N) is 4. The quantitative estimate of drug-likeness (QED) is 0.762. The second kappa shape index (κ2) is 10.0. The fourth-order valence-electron chi connectivity index (χ4n) is 4.01. The molecule has 2 aliphatic rings. The Labute approximate surface area is 170 Å². The highest BCUT2D eigenvalue weighted by Gasteiger charge is 2.21. The minimum absolute atomic E-state index is 0.0769. The van der Waals surface area contributed by atoms with Gasteiger partial charge in [0, 0.05) is 57.2 Å². The Morgan fingerprint density at radius 2 is 1.50 bits per heavy atom. The normalized spacial score (nSPS) is 18.6. The van der Waals surface area contributed by atoms with Gasteiger partial charge in [-0.05, 0) is 70.1 Å². The molecule has 0 aromatic heterocycles. The van der Waals surface area contributed by atoms with Crippen LogP contribution < -0.4 is 15.1 Å². The summed E-state index contributed by atoms with van der Waals surface area (Å²) in [4.78, 5) is 21.3. The third-order valence-corrected chi connectivity index (χ3v) is 5.99. The first-order valence-electron chi connectivity index (χ1n) is 10.8. The largest absolute Gasteiger partial charge is 0.372 e. The van der Waals surface area contributed by atoms with Crippen molar-refractivity contribution < 1.29 is 4.79 Å². The van der Waals surface area contributed by atoms with Crippen LogP contribution in [0.25, 0.3) is 0 Å². The lowest BCUT2D eigenvalue weighted by Gasteiger charge is -2.36. The van der Waals surface area contributed by atoms with Gasteiger partial charge in [-0.3, -0.25) is 0 Å². The van der Waals surface area contributed by atoms with E-state index in [9.17, 15) is 4.79 Å². The van der Waals surface area contributed by atoms with Gasteiger partial charge >= 0.3 is 6.03 Å². The lowest BCUT2D eigenvalue weighted by atomic mass is 9.99. The van der Waals surface area contributed by atoms with Gasteiger partial charge in [-0.1, -0.05) is 6.92 Å². The number of hydrogen-bond donors (Lipinski definition) is 1. The van der Waals surface area contributed by atoms with Crippen molar-refractivity contribution in [2.24, 2.45) is 5.92 Å². The minimum Gasteiger partial charge on any atom is -0.372 e. The fourth-order valence-corrected chi connectivity index (χ4v) is 4.01. The van der Waals surface area contributed by atoms with Gasteiger partial charge in [0.05, 0.1) is 0 Å². The molecule has 6 heteroatoms. The molecule has 28 heavy (non-hydrogen) atoms. The van der Waals surface area contributed by atoms with Crippen LogP contribution in [0.2, 0.25) is 0 Å². The number of urea groups is 1. The Morgan fingerprint density at radius 3 is 2.04 bits per heavy atom. The van der Waals surface area contributed by atoms with Crippen LogP contribution >= 0.6 is 0 Å². The van der Waals surface area contributed by atoms with Gasteiger partial charge in [0.2, 0.25) is 0 Å². The van der Waals surface area contributed by atoms with Crippen LogP contribution in [-0.2, 0) is 0 Å². The van der Waals surface area contributed by atoms with E-state index >= 15 is 0 Å². The summed E-state index contributed by atoms with van der Waals surface area (Å²) in [5, 5.41) is 3.05. The van der Waals surface area contributed by atoms with Gasteiger partial charge in [-0.15, -0.1) is 0 Å². The SMILES string of the molecule is CC1CCN(c2ccc(N3CCN(C(=O)NCCCN(C)C)CC3)cc2)CC1. The van der Waals surface area contributed by atoms with Crippen LogP contribution in [0.3, 0.4) is 0 Å². The number of anilines is 2. The number of piperazine rings is 1. The Bertz CT molecular complexity index is 602. The van der Waals surface area contributed by atoms with Crippen LogP contribution in [0, 0.1) is 5.92 Å². The molecule has 2 saturated heterocycles. The van der Waals surface area contributed by atoms with E-state index in [-0.39, 0.29) is 6.03 Å². The predicted octanol–water partition coefficient (Wildman–Crippen LogP) is 2.71. The van der Waals surface area contributed by atoms with Gasteiger partial charge in [-0.25, -0.2) is 4.79 Å². The topological polar surface area (TPSA) is 42.1 Å². The summed E-state index contributed by atoms with van der Waals surface area (Å²) >= 11 is 0. The van der Waals surface area contributed by atoms with Gasteiger partial charge in [0.1, 0.15) is 0 Å². The van der Waals surface area contributed by atoms with Crippen molar-refractivity contribution in [3.05, 3.63) is 24.3 Å². The first kappa shape index (κ1) is 20.8. The number of benzene rings is 1. The number of carbonyl (C=O) groups is 1. The summed E-state index contributed by atoms with van der Waals surface area (Å²) in [6.07, 6.45) is 3.57. The number of piperidine rings is 1. The zero-order valence-electron chi connectivity index (χ0n) is 17.9. The van der Waals surface area contributed by atoms with E-state index in [0.717, 1.165) is 51.6 Å². The molecule has 0 bridgehead atoms. The van der Waals surface area contributed by atoms with Crippen LogP contribution in [0.5, 0.6) is 0 Å². The average Bonchev–Trinajstić information content (AvgIpc) is 2.72. The third-order valence-electron chi connectivity index (χ3n) is 5.99. The highest BCUT2D eigenvalue weighted by atomic mass is 16.2. The molecule has 2 aliphatic heterocycles. The summed E-state index contributed by atoms with van der Waals surface area (Å²) in [6.45, 7) is 9.79. The molecule has 2 heterocycles. The van der Waals surface area contributed by atoms with Crippen molar-refractivity contribution in [3.63, 3.8) is 0 Å². The fraction of sp³-hybridized carbons (Fsp3) is 0.682. The predicted molar refractivity (Wildman–Crippen MR) is 117 cm³/mol. The first-order valence-corrected chi connectivity index (χ1v) is 10.8. The highest BCUT2D eigenvalue weighted by molar-refractivity contribution is 5.74. The molecule has 0 radical (unpaired) electrons. The van der Waals surface area contributed by atoms with Crippen LogP contribution in [0.4, 0.5) is 16.2 Å². The minimum atomic E-state index is 0.0769. The summed E-state index contributed by atoms with van der Waals surface area (Å²) in [6, 6.07) is 9.08. The van der Waals surface area contributed by atoms with Crippen molar-refractivity contribution in [1.82, 2.24) is 15.1 Å². The second-order valence-corrected chi connectivity index (χ2v) is 8.55. The maximum atomic E-state index is 12.3. The van der Waals surface area contributed by atoms with Crippen molar-refractivity contribution in [2.75, 3.05) is 76.3 Å². The van der Waals surface area contributed by atoms with E-state index in [4.69, 9.17) is 0 Å². The van der Waals surface area contributed by atoms with Crippen molar-refractivity contribution >= 4 is 17.4 Å². The molecule has 0 aliphatic carbocycles. The van der Waals surface area contributed by atoms with Crippen LogP contribution in [0.1, 0.15) is 26.2 Å². The van der Waals surface area contributed by atoms with E-state index < -0.39 is 0 Å². The Balaban J connectivity index is 1.42. The van der Waals surface area contributed by atoms with E-state index in [2.05, 4.69) is 65.3 Å². The van der Waals surface area contributed by atoms with Gasteiger partial charge in [-0.2, -0.15) is 0 Å². The second-order valence-electron chi connectivity index (χ2n) is 8.55. The number of amides is 2. The van der Waals surface area contributed by atoms with Crippen molar-refractivity contribution in [3.8, 4) is 0 Å². The molecule has 3 rings (SSSR count). The Hall–Kier alpha value is -1.95. The van der Waals surface area contributed by atoms with E-state index in [1.807, 2.05) is 4.90 Å². The van der Waals surface area contributed by atoms with E-state index in [0.29, 0.717) is 0 Å². The third kappa shape index (κ3) is 5.77. The number of nitrogens with one attached hydrogen (secondary N) is 1. The molecule has 0 atom stereocenters. The zero-order chi connectivity index (χ0) is 19.9. The average molecular weight is 388 g/mol. The first-order chi connectivity index (χ1) is 13.5. The Morgan fingerprint density at radius 1 is 0.964 bits per heavy atom. The monoisotopic (exact) mass is 387 g/mol. The molecule has 1 aromatic carbocycles. The lowest BCUT2D eigenvalue weighted by molar-refractivity contribution is 0.194. The maximum Gasteiger partial charge on any atom is 0.317 e. The maximum absolute atomic E-state index is 12.3. The Kier molecular flexibility index (Phi) is 7.43. The van der Waals surface area contributed by atoms with Crippen LogP contribution in [-0.4, -0.2) is 82.3 Å². The van der Waals surface area contributed by atoms with E-state index in [1.54, 1.807) is 0 Å². The molecule has 1 N–H and O–H groups in total. The molecule has 2 amide bonds. The molecular weight excluding hydrogens is 350 g/mol. The summed E-state index contributed by atoms with van der Waals surface area (Å²) in [5.41, 5.74) is 2.60. The standard InChI is InChI=1S/C22H37N5O/c1-19-9-13-25(14-10-19)20-5-7-21(8-6-20)26-15-17-27(18-16-26)22(28)23-11-4-12-24(2)3/h5-8,19H,4,9-18H2,1-3H3,(H,23,28). The summed E-state index contributed by atoms with van der Waals surface area (Å²) < 4.78 is 0. The summed E-state index contributed by atoms with van der Waals surface area (Å²) in [5.74, 6) is 0.858. The number of carbonyl (C=O) groups excluding carboxylic acids is 1. The smallest absolute Gasteiger partial charge is 0.317 e. The molecular formula is C22H37N5O. The molecule has 0 spiro atoms. The molecule has 6 nitrogen and oxygen atoms in total. The number of hydrogen-bond acceptors (Lipinski definition) is 4. The van der Waals surface area contributed by atoms with Crippen LogP contribution in [0.15, 0.2) is 24.3 Å². The van der Waals surface area contributed by atoms with Gasteiger partial charge < -0.3 is 24.9 Å². The molecule has 156 valence electrons. The highest BCUT2D eigenvalue weighted by Crippen LogP contribution is 2.26. The van der Waals surface area contributed by atoms with Gasteiger partial charge in [0.25, 0.3) is 0 Å².